The summed E-state index contributed by atoms with van der Waals surface area (Å²) >= 11 is 0. The quantitative estimate of drug-likeness (QED) is 0.798. The lowest BCUT2D eigenvalue weighted by Crippen LogP contribution is -2.30. The maximum Gasteiger partial charge on any atom is 0.123 e. The molecular formula is C14H22FN. The van der Waals surface area contributed by atoms with Gasteiger partial charge in [0.05, 0.1) is 0 Å². The van der Waals surface area contributed by atoms with Gasteiger partial charge in [0.1, 0.15) is 5.82 Å². The molecule has 1 rings (SSSR count). The molecule has 2 heteroatoms. The van der Waals surface area contributed by atoms with E-state index in [0.717, 1.165) is 18.5 Å². The summed E-state index contributed by atoms with van der Waals surface area (Å²) in [6.45, 7) is 9.67. The first-order chi connectivity index (χ1) is 7.44. The molecule has 0 fully saturated rings. The third-order valence-electron chi connectivity index (χ3n) is 3.19. The molecule has 0 saturated heterocycles. The van der Waals surface area contributed by atoms with E-state index in [1.807, 2.05) is 6.07 Å². The van der Waals surface area contributed by atoms with E-state index < -0.39 is 0 Å². The van der Waals surface area contributed by atoms with E-state index in [4.69, 9.17) is 0 Å². The summed E-state index contributed by atoms with van der Waals surface area (Å²) in [5.74, 6) is -0.166. The van der Waals surface area contributed by atoms with Crippen molar-refractivity contribution in [2.24, 2.45) is 5.41 Å². The van der Waals surface area contributed by atoms with Crippen LogP contribution in [0.1, 0.15) is 45.7 Å². The zero-order chi connectivity index (χ0) is 12.2. The molecule has 0 bridgehead atoms. The van der Waals surface area contributed by atoms with E-state index in [1.165, 1.54) is 6.07 Å². The Kier molecular flexibility index (Phi) is 4.48. The van der Waals surface area contributed by atoms with Gasteiger partial charge in [-0.15, -0.1) is 0 Å². The molecule has 1 aromatic carbocycles. The fraction of sp³-hybridized carbons (Fsp3) is 0.571. The lowest BCUT2D eigenvalue weighted by molar-refractivity contribution is 0.313. The zero-order valence-corrected chi connectivity index (χ0v) is 10.7. The smallest absolute Gasteiger partial charge is 0.123 e. The summed E-state index contributed by atoms with van der Waals surface area (Å²) in [5.41, 5.74) is 1.30. The van der Waals surface area contributed by atoms with Crippen molar-refractivity contribution in [3.8, 4) is 0 Å². The lowest BCUT2D eigenvalue weighted by atomic mass is 9.90. The van der Waals surface area contributed by atoms with Gasteiger partial charge in [0, 0.05) is 12.6 Å². The fourth-order valence-electron chi connectivity index (χ4n) is 1.45. The van der Waals surface area contributed by atoms with Crippen molar-refractivity contribution in [3.05, 3.63) is 35.6 Å². The molecule has 0 amide bonds. The molecule has 0 aromatic heterocycles. The molecule has 1 aromatic rings. The van der Waals surface area contributed by atoms with E-state index in [2.05, 4.69) is 33.0 Å². The van der Waals surface area contributed by atoms with Crippen LogP contribution < -0.4 is 5.32 Å². The van der Waals surface area contributed by atoms with Gasteiger partial charge >= 0.3 is 0 Å². The van der Waals surface area contributed by atoms with Crippen LogP contribution in [0.5, 0.6) is 0 Å². The second-order valence-electron chi connectivity index (χ2n) is 5.18. The normalized spacial score (nSPS) is 13.8. The first kappa shape index (κ1) is 13.2. The van der Waals surface area contributed by atoms with Crippen LogP contribution in [0.15, 0.2) is 24.3 Å². The van der Waals surface area contributed by atoms with Gasteiger partial charge in [-0.25, -0.2) is 4.39 Å². The third-order valence-corrected chi connectivity index (χ3v) is 3.19. The molecule has 1 unspecified atom stereocenters. The Bertz CT molecular complexity index is 333. The van der Waals surface area contributed by atoms with Crippen molar-refractivity contribution in [2.75, 3.05) is 6.54 Å². The van der Waals surface area contributed by atoms with Crippen molar-refractivity contribution in [1.82, 2.24) is 5.32 Å². The predicted octanol–water partition coefficient (Wildman–Crippen LogP) is 3.91. The highest BCUT2D eigenvalue weighted by atomic mass is 19.1. The highest BCUT2D eigenvalue weighted by Gasteiger charge is 2.16. The highest BCUT2D eigenvalue weighted by molar-refractivity contribution is 5.19. The molecule has 0 aliphatic carbocycles. The maximum absolute atomic E-state index is 13.0. The minimum Gasteiger partial charge on any atom is -0.310 e. The molecule has 0 aliphatic rings. The molecular weight excluding hydrogens is 201 g/mol. The van der Waals surface area contributed by atoms with Crippen molar-refractivity contribution in [2.45, 2.75) is 40.2 Å². The Morgan fingerprint density at radius 2 is 2.06 bits per heavy atom. The van der Waals surface area contributed by atoms with Gasteiger partial charge in [-0.3, -0.25) is 0 Å². The number of nitrogens with one attached hydrogen (secondary N) is 1. The van der Waals surface area contributed by atoms with Crippen LogP contribution in [0.4, 0.5) is 4.39 Å². The zero-order valence-electron chi connectivity index (χ0n) is 10.7. The molecule has 0 radical (unpaired) electrons. The molecule has 0 saturated carbocycles. The second kappa shape index (κ2) is 5.44. The third kappa shape index (κ3) is 3.93. The van der Waals surface area contributed by atoms with Gasteiger partial charge in [0.15, 0.2) is 0 Å². The fourth-order valence-corrected chi connectivity index (χ4v) is 1.45. The Morgan fingerprint density at radius 1 is 1.38 bits per heavy atom. The Balaban J connectivity index is 2.56. The molecule has 0 spiro atoms. The number of hydrogen-bond donors (Lipinski definition) is 1. The van der Waals surface area contributed by atoms with Crippen LogP contribution >= 0.6 is 0 Å². The van der Waals surface area contributed by atoms with Crippen molar-refractivity contribution < 1.29 is 4.39 Å². The SMILES string of the molecule is CCC(C)(C)CNC(C)c1cccc(F)c1. The number of hydrogen-bond acceptors (Lipinski definition) is 1. The number of halogens is 1. The molecule has 0 aliphatic heterocycles. The van der Waals surface area contributed by atoms with Gasteiger partial charge in [-0.05, 0) is 36.5 Å². The Hall–Kier alpha value is -0.890. The molecule has 0 heterocycles. The van der Waals surface area contributed by atoms with Gasteiger partial charge in [-0.2, -0.15) is 0 Å². The molecule has 1 atom stereocenters. The maximum atomic E-state index is 13.0. The molecule has 1 N–H and O–H groups in total. The molecule has 1 nitrogen and oxygen atoms in total. The van der Waals surface area contributed by atoms with Gasteiger partial charge in [0.25, 0.3) is 0 Å². The van der Waals surface area contributed by atoms with E-state index in [9.17, 15) is 4.39 Å². The first-order valence-corrected chi connectivity index (χ1v) is 5.93. The van der Waals surface area contributed by atoms with E-state index >= 15 is 0 Å². The predicted molar refractivity (Wildman–Crippen MR) is 66.9 cm³/mol. The Morgan fingerprint density at radius 3 is 2.62 bits per heavy atom. The van der Waals surface area contributed by atoms with Crippen LogP contribution in [0.25, 0.3) is 0 Å². The summed E-state index contributed by atoms with van der Waals surface area (Å²) in [6, 6.07) is 6.98. The molecule has 90 valence electrons. The van der Waals surface area contributed by atoms with Gasteiger partial charge in [-0.1, -0.05) is 32.9 Å². The van der Waals surface area contributed by atoms with Crippen molar-refractivity contribution in [3.63, 3.8) is 0 Å². The Labute approximate surface area is 98.1 Å². The minimum absolute atomic E-state index is 0.166. The average Bonchev–Trinajstić information content (AvgIpc) is 2.26. The van der Waals surface area contributed by atoms with Crippen molar-refractivity contribution in [1.29, 1.82) is 0 Å². The standard InChI is InChI=1S/C14H22FN/c1-5-14(3,4)10-16-11(2)12-7-6-8-13(15)9-12/h6-9,11,16H,5,10H2,1-4H3. The topological polar surface area (TPSA) is 12.0 Å². The van der Waals surface area contributed by atoms with Gasteiger partial charge < -0.3 is 5.32 Å². The van der Waals surface area contributed by atoms with Crippen LogP contribution in [0.3, 0.4) is 0 Å². The highest BCUT2D eigenvalue weighted by Crippen LogP contribution is 2.20. The van der Waals surface area contributed by atoms with Crippen LogP contribution in [0.2, 0.25) is 0 Å². The van der Waals surface area contributed by atoms with E-state index in [1.54, 1.807) is 12.1 Å². The monoisotopic (exact) mass is 223 g/mol. The summed E-state index contributed by atoms with van der Waals surface area (Å²) in [6.07, 6.45) is 1.13. The number of rotatable bonds is 5. The van der Waals surface area contributed by atoms with Gasteiger partial charge in [0.2, 0.25) is 0 Å². The van der Waals surface area contributed by atoms with Crippen molar-refractivity contribution >= 4 is 0 Å². The first-order valence-electron chi connectivity index (χ1n) is 5.93. The molecule has 16 heavy (non-hydrogen) atoms. The average molecular weight is 223 g/mol. The number of benzene rings is 1. The summed E-state index contributed by atoms with van der Waals surface area (Å²) < 4.78 is 13.0. The largest absolute Gasteiger partial charge is 0.310 e. The lowest BCUT2D eigenvalue weighted by Gasteiger charge is -2.26. The van der Waals surface area contributed by atoms with E-state index in [-0.39, 0.29) is 11.9 Å². The summed E-state index contributed by atoms with van der Waals surface area (Å²) in [5, 5.41) is 3.45. The van der Waals surface area contributed by atoms with Crippen LogP contribution in [0, 0.1) is 11.2 Å². The van der Waals surface area contributed by atoms with E-state index in [0.29, 0.717) is 5.41 Å². The van der Waals surface area contributed by atoms with Crippen LogP contribution in [-0.4, -0.2) is 6.54 Å². The van der Waals surface area contributed by atoms with Crippen LogP contribution in [-0.2, 0) is 0 Å². The minimum atomic E-state index is -0.166. The second-order valence-corrected chi connectivity index (χ2v) is 5.18. The summed E-state index contributed by atoms with van der Waals surface area (Å²) in [7, 11) is 0. The summed E-state index contributed by atoms with van der Waals surface area (Å²) in [4.78, 5) is 0.